The van der Waals surface area contributed by atoms with Crippen molar-refractivity contribution in [3.8, 4) is 5.75 Å². The van der Waals surface area contributed by atoms with Gasteiger partial charge in [0.1, 0.15) is 5.75 Å². The molecule has 120 valence electrons. The molecule has 0 spiro atoms. The van der Waals surface area contributed by atoms with Crippen molar-refractivity contribution >= 4 is 5.91 Å². The number of carbonyl (C=O) groups is 1. The number of hydrogen-bond acceptors (Lipinski definition) is 3. The monoisotopic (exact) mass is 303 g/mol. The van der Waals surface area contributed by atoms with Gasteiger partial charge in [-0.2, -0.15) is 0 Å². The fourth-order valence-electron chi connectivity index (χ4n) is 3.51. The molecule has 1 aromatic carbocycles. The van der Waals surface area contributed by atoms with Crippen LogP contribution >= 0.6 is 0 Å². The minimum absolute atomic E-state index is 0.0405. The van der Waals surface area contributed by atoms with Crippen molar-refractivity contribution in [1.29, 1.82) is 0 Å². The molecule has 0 heterocycles. The molecular formula is C18H25NO3. The van der Waals surface area contributed by atoms with Gasteiger partial charge in [-0.15, -0.1) is 0 Å². The predicted octanol–water partition coefficient (Wildman–Crippen LogP) is 2.46. The van der Waals surface area contributed by atoms with E-state index in [0.717, 1.165) is 55.4 Å². The lowest BCUT2D eigenvalue weighted by Gasteiger charge is -2.24. The lowest BCUT2D eigenvalue weighted by atomic mass is 9.93. The number of rotatable bonds is 5. The number of amides is 1. The van der Waals surface area contributed by atoms with Gasteiger partial charge in [-0.1, -0.05) is 25.0 Å². The second-order valence-corrected chi connectivity index (χ2v) is 6.88. The minimum atomic E-state index is -0.698. The quantitative estimate of drug-likeness (QED) is 0.878. The number of benzene rings is 1. The van der Waals surface area contributed by atoms with Gasteiger partial charge in [0.15, 0.2) is 0 Å². The standard InChI is InChI=1S/C18H25NO3/c1-13-5-6-14(11-15(13)22-2)18(9-10-18)16(20)19-12-17(21)7-3-4-8-17/h5-6,11,21H,3-4,7-10,12H2,1-2H3,(H,19,20). The van der Waals surface area contributed by atoms with E-state index in [9.17, 15) is 9.90 Å². The third-order valence-electron chi connectivity index (χ3n) is 5.26. The van der Waals surface area contributed by atoms with E-state index >= 15 is 0 Å². The van der Waals surface area contributed by atoms with E-state index < -0.39 is 11.0 Å². The number of methoxy groups -OCH3 is 1. The zero-order chi connectivity index (χ0) is 15.8. The van der Waals surface area contributed by atoms with Gasteiger partial charge in [0, 0.05) is 6.54 Å². The van der Waals surface area contributed by atoms with Crippen molar-refractivity contribution in [2.45, 2.75) is 56.5 Å². The zero-order valence-electron chi connectivity index (χ0n) is 13.4. The topological polar surface area (TPSA) is 58.6 Å². The van der Waals surface area contributed by atoms with E-state index in [4.69, 9.17) is 4.74 Å². The Hall–Kier alpha value is -1.55. The van der Waals surface area contributed by atoms with Gasteiger partial charge in [-0.05, 0) is 49.8 Å². The molecule has 2 N–H and O–H groups in total. The summed E-state index contributed by atoms with van der Waals surface area (Å²) in [5, 5.41) is 13.4. The van der Waals surface area contributed by atoms with Crippen LogP contribution in [-0.2, 0) is 10.2 Å². The smallest absolute Gasteiger partial charge is 0.230 e. The van der Waals surface area contributed by atoms with Crippen LogP contribution in [0.2, 0.25) is 0 Å². The molecule has 0 aromatic heterocycles. The molecule has 4 nitrogen and oxygen atoms in total. The third-order valence-corrected chi connectivity index (χ3v) is 5.26. The molecule has 1 amide bonds. The van der Waals surface area contributed by atoms with E-state index in [1.54, 1.807) is 7.11 Å². The van der Waals surface area contributed by atoms with Gasteiger partial charge >= 0.3 is 0 Å². The van der Waals surface area contributed by atoms with Crippen molar-refractivity contribution in [3.05, 3.63) is 29.3 Å². The summed E-state index contributed by atoms with van der Waals surface area (Å²) >= 11 is 0. The highest BCUT2D eigenvalue weighted by Gasteiger charge is 2.51. The average molecular weight is 303 g/mol. The van der Waals surface area contributed by atoms with Gasteiger partial charge < -0.3 is 15.2 Å². The molecule has 0 atom stereocenters. The number of aliphatic hydroxyl groups is 1. The molecule has 22 heavy (non-hydrogen) atoms. The highest BCUT2D eigenvalue weighted by atomic mass is 16.5. The molecule has 0 radical (unpaired) electrons. The van der Waals surface area contributed by atoms with Crippen LogP contribution in [0.1, 0.15) is 49.7 Å². The van der Waals surface area contributed by atoms with Crippen molar-refractivity contribution < 1.29 is 14.6 Å². The van der Waals surface area contributed by atoms with Gasteiger partial charge in [-0.3, -0.25) is 4.79 Å². The summed E-state index contributed by atoms with van der Waals surface area (Å²) < 4.78 is 5.37. The molecule has 3 rings (SSSR count). The summed E-state index contributed by atoms with van der Waals surface area (Å²) in [6.45, 7) is 2.37. The summed E-state index contributed by atoms with van der Waals surface area (Å²) in [6.07, 6.45) is 5.41. The van der Waals surface area contributed by atoms with Crippen LogP contribution in [0.25, 0.3) is 0 Å². The van der Waals surface area contributed by atoms with Crippen molar-refractivity contribution in [2.75, 3.05) is 13.7 Å². The van der Waals surface area contributed by atoms with Crippen LogP contribution in [-0.4, -0.2) is 30.3 Å². The van der Waals surface area contributed by atoms with Gasteiger partial charge in [0.2, 0.25) is 5.91 Å². The van der Waals surface area contributed by atoms with Gasteiger partial charge in [0.25, 0.3) is 0 Å². The number of aryl methyl sites for hydroxylation is 1. The Morgan fingerprint density at radius 3 is 2.55 bits per heavy atom. The van der Waals surface area contributed by atoms with Crippen LogP contribution in [0.3, 0.4) is 0 Å². The van der Waals surface area contributed by atoms with Crippen molar-refractivity contribution in [1.82, 2.24) is 5.32 Å². The fraction of sp³-hybridized carbons (Fsp3) is 0.611. The van der Waals surface area contributed by atoms with E-state index in [0.29, 0.717) is 6.54 Å². The molecule has 4 heteroatoms. The highest BCUT2D eigenvalue weighted by molar-refractivity contribution is 5.91. The number of ether oxygens (including phenoxy) is 1. The second kappa shape index (κ2) is 5.58. The Morgan fingerprint density at radius 1 is 1.27 bits per heavy atom. The first-order valence-electron chi connectivity index (χ1n) is 8.15. The first kappa shape index (κ1) is 15.3. The Morgan fingerprint density at radius 2 is 1.95 bits per heavy atom. The molecule has 0 aliphatic heterocycles. The van der Waals surface area contributed by atoms with Crippen molar-refractivity contribution in [2.24, 2.45) is 0 Å². The Kier molecular flexibility index (Phi) is 3.89. The lowest BCUT2D eigenvalue weighted by molar-refractivity contribution is -0.124. The molecular weight excluding hydrogens is 278 g/mol. The molecule has 1 aromatic rings. The molecule has 2 fully saturated rings. The number of nitrogens with one attached hydrogen (secondary N) is 1. The Labute approximate surface area is 131 Å². The van der Waals surface area contributed by atoms with E-state index in [1.165, 1.54) is 0 Å². The largest absolute Gasteiger partial charge is 0.496 e. The van der Waals surface area contributed by atoms with Crippen LogP contribution in [0.4, 0.5) is 0 Å². The maximum absolute atomic E-state index is 12.6. The number of carbonyl (C=O) groups excluding carboxylic acids is 1. The normalized spacial score (nSPS) is 21.4. The van der Waals surface area contributed by atoms with E-state index in [2.05, 4.69) is 5.32 Å². The second-order valence-electron chi connectivity index (χ2n) is 6.88. The highest BCUT2D eigenvalue weighted by Crippen LogP contribution is 2.49. The molecule has 2 aliphatic rings. The van der Waals surface area contributed by atoms with Gasteiger partial charge in [0.05, 0.1) is 18.1 Å². The maximum atomic E-state index is 12.6. The first-order valence-corrected chi connectivity index (χ1v) is 8.15. The minimum Gasteiger partial charge on any atom is -0.496 e. The fourth-order valence-corrected chi connectivity index (χ4v) is 3.51. The van der Waals surface area contributed by atoms with Crippen molar-refractivity contribution in [3.63, 3.8) is 0 Å². The van der Waals surface area contributed by atoms with Gasteiger partial charge in [-0.25, -0.2) is 0 Å². The third kappa shape index (κ3) is 2.72. The van der Waals surface area contributed by atoms with E-state index in [1.807, 2.05) is 25.1 Å². The summed E-state index contributed by atoms with van der Waals surface area (Å²) in [5.74, 6) is 0.865. The van der Waals surface area contributed by atoms with Crippen LogP contribution in [0.15, 0.2) is 18.2 Å². The average Bonchev–Trinajstić information content (AvgIpc) is 3.22. The van der Waals surface area contributed by atoms with Crippen LogP contribution < -0.4 is 10.1 Å². The molecule has 2 saturated carbocycles. The predicted molar refractivity (Wildman–Crippen MR) is 85.1 cm³/mol. The zero-order valence-corrected chi connectivity index (χ0v) is 13.4. The summed E-state index contributed by atoms with van der Waals surface area (Å²) in [7, 11) is 1.65. The SMILES string of the molecule is COc1cc(C2(C(=O)NCC3(O)CCCC3)CC2)ccc1C. The molecule has 0 bridgehead atoms. The Balaban J connectivity index is 1.71. The summed E-state index contributed by atoms with van der Waals surface area (Å²) in [6, 6.07) is 6.01. The Bertz CT molecular complexity index is 572. The van der Waals surface area contributed by atoms with Crippen LogP contribution in [0, 0.1) is 6.92 Å². The molecule has 2 aliphatic carbocycles. The summed E-state index contributed by atoms with van der Waals surface area (Å²) in [4.78, 5) is 12.6. The number of hydrogen-bond donors (Lipinski definition) is 2. The van der Waals surface area contributed by atoms with E-state index in [-0.39, 0.29) is 5.91 Å². The lowest BCUT2D eigenvalue weighted by Crippen LogP contribution is -2.44. The first-order chi connectivity index (χ1) is 10.5. The maximum Gasteiger partial charge on any atom is 0.230 e. The molecule has 0 saturated heterocycles. The molecule has 0 unspecified atom stereocenters. The van der Waals surface area contributed by atoms with Crippen LogP contribution in [0.5, 0.6) is 5.75 Å². The summed E-state index contributed by atoms with van der Waals surface area (Å²) in [5.41, 5.74) is 0.973.